The molecule has 0 bridgehead atoms. The third-order valence-electron chi connectivity index (χ3n) is 3.19. The van der Waals surface area contributed by atoms with Crippen molar-refractivity contribution in [2.75, 3.05) is 19.3 Å². The fourth-order valence-corrected chi connectivity index (χ4v) is 2.98. The molecule has 0 spiro atoms. The number of ether oxygens (including phenoxy) is 1. The van der Waals surface area contributed by atoms with Gasteiger partial charge in [-0.05, 0) is 37.1 Å². The van der Waals surface area contributed by atoms with E-state index in [9.17, 15) is 8.42 Å². The Balaban J connectivity index is 1.90. The first-order valence-corrected chi connectivity index (χ1v) is 8.02. The molecule has 0 saturated carbocycles. The Morgan fingerprint density at radius 2 is 1.84 bits per heavy atom. The maximum atomic E-state index is 11.4. The van der Waals surface area contributed by atoms with Gasteiger partial charge in [-0.1, -0.05) is 5.92 Å². The minimum absolute atomic E-state index is 0.0645. The van der Waals surface area contributed by atoms with Crippen molar-refractivity contribution < 1.29 is 13.2 Å². The van der Waals surface area contributed by atoms with E-state index in [-0.39, 0.29) is 6.10 Å². The van der Waals surface area contributed by atoms with Gasteiger partial charge in [-0.15, -0.1) is 6.42 Å². The van der Waals surface area contributed by atoms with E-state index in [1.807, 2.05) is 24.3 Å². The first kappa shape index (κ1) is 13.9. The fraction of sp³-hybridized carbons (Fsp3) is 0.429. The van der Waals surface area contributed by atoms with Crippen molar-refractivity contribution >= 4 is 10.0 Å². The van der Waals surface area contributed by atoms with E-state index >= 15 is 0 Å². The number of hydrogen-bond acceptors (Lipinski definition) is 3. The van der Waals surface area contributed by atoms with Crippen LogP contribution < -0.4 is 4.74 Å². The van der Waals surface area contributed by atoms with Gasteiger partial charge >= 0.3 is 0 Å². The number of sulfonamides is 1. The van der Waals surface area contributed by atoms with Crippen LogP contribution in [0.2, 0.25) is 0 Å². The summed E-state index contributed by atoms with van der Waals surface area (Å²) in [6, 6.07) is 7.36. The zero-order valence-electron chi connectivity index (χ0n) is 10.9. The first-order valence-electron chi connectivity index (χ1n) is 6.17. The molecule has 0 aromatic heterocycles. The average molecular weight is 279 g/mol. The highest BCUT2D eigenvalue weighted by Crippen LogP contribution is 2.20. The van der Waals surface area contributed by atoms with E-state index in [0.29, 0.717) is 25.9 Å². The molecule has 0 unspecified atom stereocenters. The minimum atomic E-state index is -3.08. The lowest BCUT2D eigenvalue weighted by Crippen LogP contribution is -2.41. The summed E-state index contributed by atoms with van der Waals surface area (Å²) in [6.07, 6.45) is 8.02. The number of piperidine rings is 1. The lowest BCUT2D eigenvalue weighted by atomic mass is 10.1. The van der Waals surface area contributed by atoms with Gasteiger partial charge < -0.3 is 4.74 Å². The van der Waals surface area contributed by atoms with Crippen LogP contribution in [0.25, 0.3) is 0 Å². The maximum absolute atomic E-state index is 11.4. The van der Waals surface area contributed by atoms with E-state index in [0.717, 1.165) is 11.3 Å². The molecule has 0 aliphatic carbocycles. The molecule has 1 aromatic carbocycles. The zero-order valence-corrected chi connectivity index (χ0v) is 11.7. The molecule has 19 heavy (non-hydrogen) atoms. The van der Waals surface area contributed by atoms with Crippen LogP contribution in [0.1, 0.15) is 18.4 Å². The molecule has 1 fully saturated rings. The molecule has 2 rings (SSSR count). The van der Waals surface area contributed by atoms with Crippen LogP contribution in [-0.2, 0) is 10.0 Å². The zero-order chi connectivity index (χ0) is 13.9. The second-order valence-corrected chi connectivity index (χ2v) is 6.63. The quantitative estimate of drug-likeness (QED) is 0.787. The molecule has 102 valence electrons. The number of nitrogens with zero attached hydrogens (tertiary/aromatic N) is 1. The summed E-state index contributed by atoms with van der Waals surface area (Å²) >= 11 is 0. The van der Waals surface area contributed by atoms with Crippen LogP contribution in [0.4, 0.5) is 0 Å². The highest BCUT2D eigenvalue weighted by atomic mass is 32.2. The molecule has 0 amide bonds. The van der Waals surface area contributed by atoms with Gasteiger partial charge in [0.05, 0.1) is 6.26 Å². The predicted octanol–water partition coefficient (Wildman–Crippen LogP) is 1.47. The third kappa shape index (κ3) is 3.72. The van der Waals surface area contributed by atoms with Crippen molar-refractivity contribution in [1.82, 2.24) is 4.31 Å². The predicted molar refractivity (Wildman–Crippen MR) is 74.4 cm³/mol. The van der Waals surface area contributed by atoms with Crippen LogP contribution in [0, 0.1) is 12.3 Å². The molecule has 1 saturated heterocycles. The number of rotatable bonds is 3. The molecule has 0 atom stereocenters. The van der Waals surface area contributed by atoms with Crippen molar-refractivity contribution in [2.45, 2.75) is 18.9 Å². The van der Waals surface area contributed by atoms with Crippen molar-refractivity contribution in [3.63, 3.8) is 0 Å². The second-order valence-electron chi connectivity index (χ2n) is 4.65. The molecule has 1 aromatic rings. The fourth-order valence-electron chi connectivity index (χ4n) is 2.10. The summed E-state index contributed by atoms with van der Waals surface area (Å²) in [6.45, 7) is 1.04. The van der Waals surface area contributed by atoms with E-state index < -0.39 is 10.0 Å². The van der Waals surface area contributed by atoms with Crippen LogP contribution in [0.3, 0.4) is 0 Å². The molecule has 1 heterocycles. The number of terminal acetylenes is 1. The molecule has 5 heteroatoms. The Morgan fingerprint density at radius 3 is 2.32 bits per heavy atom. The van der Waals surface area contributed by atoms with E-state index in [1.54, 1.807) is 0 Å². The Labute approximate surface area is 114 Å². The Bertz CT molecular complexity index is 564. The second kappa shape index (κ2) is 5.64. The van der Waals surface area contributed by atoms with Gasteiger partial charge in [-0.2, -0.15) is 0 Å². The SMILES string of the molecule is C#Cc1ccc(OC2CCN(S(C)(=O)=O)CC2)cc1. The monoisotopic (exact) mass is 279 g/mol. The summed E-state index contributed by atoms with van der Waals surface area (Å²) < 4.78 is 30.1. The van der Waals surface area contributed by atoms with Crippen molar-refractivity contribution in [2.24, 2.45) is 0 Å². The van der Waals surface area contributed by atoms with Crippen molar-refractivity contribution in [1.29, 1.82) is 0 Å². The smallest absolute Gasteiger partial charge is 0.211 e. The first-order chi connectivity index (χ1) is 8.99. The standard InChI is InChI=1S/C14H17NO3S/c1-3-12-4-6-13(7-5-12)18-14-8-10-15(11-9-14)19(2,16)17/h1,4-7,14H,8-11H2,2H3. The van der Waals surface area contributed by atoms with Gasteiger partial charge in [-0.3, -0.25) is 0 Å². The van der Waals surface area contributed by atoms with Gasteiger partial charge in [0.2, 0.25) is 10.0 Å². The topological polar surface area (TPSA) is 46.6 Å². The summed E-state index contributed by atoms with van der Waals surface area (Å²) in [5.41, 5.74) is 0.819. The van der Waals surface area contributed by atoms with E-state index in [1.165, 1.54) is 10.6 Å². The average Bonchev–Trinajstić information content (AvgIpc) is 2.39. The maximum Gasteiger partial charge on any atom is 0.211 e. The van der Waals surface area contributed by atoms with Gasteiger partial charge in [-0.25, -0.2) is 12.7 Å². The normalized spacial score (nSPS) is 17.9. The highest BCUT2D eigenvalue weighted by molar-refractivity contribution is 7.88. The Hall–Kier alpha value is -1.51. The molecule has 1 aliphatic rings. The van der Waals surface area contributed by atoms with Gasteiger partial charge in [0.1, 0.15) is 11.9 Å². The van der Waals surface area contributed by atoms with E-state index in [2.05, 4.69) is 5.92 Å². The Kier molecular flexibility index (Phi) is 4.13. The van der Waals surface area contributed by atoms with Crippen molar-refractivity contribution in [3.05, 3.63) is 29.8 Å². The summed E-state index contributed by atoms with van der Waals surface area (Å²) in [5, 5.41) is 0. The largest absolute Gasteiger partial charge is 0.490 e. The van der Waals surface area contributed by atoms with Crippen LogP contribution in [0.5, 0.6) is 5.75 Å². The lowest BCUT2D eigenvalue weighted by molar-refractivity contribution is 0.135. The minimum Gasteiger partial charge on any atom is -0.490 e. The van der Waals surface area contributed by atoms with Gasteiger partial charge in [0.25, 0.3) is 0 Å². The van der Waals surface area contributed by atoms with Crippen LogP contribution in [-0.4, -0.2) is 38.2 Å². The van der Waals surface area contributed by atoms with Gasteiger partial charge in [0.15, 0.2) is 0 Å². The summed E-state index contributed by atoms with van der Waals surface area (Å²) in [4.78, 5) is 0. The number of benzene rings is 1. The van der Waals surface area contributed by atoms with Crippen LogP contribution >= 0.6 is 0 Å². The summed E-state index contributed by atoms with van der Waals surface area (Å²) in [7, 11) is -3.08. The highest BCUT2D eigenvalue weighted by Gasteiger charge is 2.25. The van der Waals surface area contributed by atoms with Gasteiger partial charge in [0, 0.05) is 18.7 Å². The summed E-state index contributed by atoms with van der Waals surface area (Å²) in [5.74, 6) is 3.33. The van der Waals surface area contributed by atoms with E-state index in [4.69, 9.17) is 11.2 Å². The molecular weight excluding hydrogens is 262 g/mol. The molecule has 1 aliphatic heterocycles. The Morgan fingerprint density at radius 1 is 1.26 bits per heavy atom. The molecule has 0 radical (unpaired) electrons. The number of hydrogen-bond donors (Lipinski definition) is 0. The lowest BCUT2D eigenvalue weighted by Gasteiger charge is -2.30. The van der Waals surface area contributed by atoms with Crippen molar-refractivity contribution in [3.8, 4) is 18.1 Å². The van der Waals surface area contributed by atoms with Crippen LogP contribution in [0.15, 0.2) is 24.3 Å². The molecular formula is C14H17NO3S. The molecule has 0 N–H and O–H groups in total. The molecule has 4 nitrogen and oxygen atoms in total. The third-order valence-corrected chi connectivity index (χ3v) is 4.50.